The second kappa shape index (κ2) is 12.4. The molecule has 0 aliphatic carbocycles. The molecule has 244 valence electrons. The number of halogens is 3. The number of likely N-dealkylation sites (tertiary alicyclic amines) is 2. The number of nitrogens with zero attached hydrogens (tertiary/aromatic N) is 3. The molecule has 1 N–H and O–H groups in total. The molecule has 4 heterocycles. The Morgan fingerprint density at radius 2 is 1.53 bits per heavy atom. The number of ether oxygens (including phenoxy) is 1. The van der Waals surface area contributed by atoms with Crippen molar-refractivity contribution in [1.82, 2.24) is 14.8 Å². The van der Waals surface area contributed by atoms with Crippen molar-refractivity contribution in [3.63, 3.8) is 0 Å². The summed E-state index contributed by atoms with van der Waals surface area (Å²) in [4.78, 5) is 35.3. The van der Waals surface area contributed by atoms with E-state index in [1.165, 1.54) is 23.5 Å². The molecule has 1 atom stereocenters. The molecule has 2 amide bonds. The van der Waals surface area contributed by atoms with Gasteiger partial charge < -0.3 is 19.6 Å². The first-order chi connectivity index (χ1) is 22.6. The zero-order valence-electron chi connectivity index (χ0n) is 25.6. The van der Waals surface area contributed by atoms with E-state index in [0.29, 0.717) is 86.4 Å². The average Bonchev–Trinajstić information content (AvgIpc) is 3.58. The molecule has 2 saturated heterocycles. The Kier molecular flexibility index (Phi) is 8.30. The van der Waals surface area contributed by atoms with Crippen molar-refractivity contribution in [3.05, 3.63) is 106 Å². The van der Waals surface area contributed by atoms with Crippen LogP contribution in [0.2, 0.25) is 0 Å². The normalized spacial score (nSPS) is 19.7. The van der Waals surface area contributed by atoms with Crippen LogP contribution in [0.25, 0.3) is 11.1 Å². The van der Waals surface area contributed by atoms with Crippen LogP contribution in [0.1, 0.15) is 81.1 Å². The number of piperidine rings is 2. The Morgan fingerprint density at radius 1 is 0.872 bits per heavy atom. The van der Waals surface area contributed by atoms with E-state index < -0.39 is 23.4 Å². The van der Waals surface area contributed by atoms with Crippen LogP contribution >= 0.6 is 11.3 Å². The topological polar surface area (TPSA) is 83.0 Å². The van der Waals surface area contributed by atoms with E-state index >= 15 is 0 Å². The second-order valence-corrected chi connectivity index (χ2v) is 13.5. The largest absolute Gasteiger partial charge is 0.487 e. The molecule has 3 aliphatic heterocycles. The van der Waals surface area contributed by atoms with Gasteiger partial charge in [-0.15, -0.1) is 11.3 Å². The van der Waals surface area contributed by atoms with Crippen molar-refractivity contribution in [3.8, 4) is 16.9 Å². The summed E-state index contributed by atoms with van der Waals surface area (Å²) in [7, 11) is 0. The van der Waals surface area contributed by atoms with Crippen LogP contribution in [0.15, 0.2) is 78.2 Å². The number of alkyl halides is 3. The minimum absolute atomic E-state index is 0.105. The minimum atomic E-state index is -4.43. The third kappa shape index (κ3) is 6.26. The SMILES string of the molecule is O=C(c1csc(C2CCN(C(=O)c3ccccc3-c3ccc(C(F)(F)F)cc3)CC2)n1)N1CCC2(CC1)CC(O)c1ccccc1O2. The number of thiazole rings is 1. The van der Waals surface area contributed by atoms with Crippen LogP contribution in [0, 0.1) is 0 Å². The Balaban J connectivity index is 0.955. The van der Waals surface area contributed by atoms with Crippen LogP contribution in [0.3, 0.4) is 0 Å². The standard InChI is InChI=1S/C36H34F3N3O4S/c37-36(38,39)25-11-9-23(10-12-25)26-5-1-2-6-27(26)33(44)41-17-13-24(14-18-41)32-40-29(22-47-32)34(45)42-19-15-35(16-20-42)21-30(43)28-7-3-4-8-31(28)46-35/h1-12,22,24,30,43H,13-21H2. The number of para-hydroxylation sites is 1. The van der Waals surface area contributed by atoms with Gasteiger partial charge in [0.05, 0.1) is 16.7 Å². The summed E-state index contributed by atoms with van der Waals surface area (Å²) >= 11 is 1.47. The first-order valence-corrected chi connectivity index (χ1v) is 16.7. The number of hydrogen-bond donors (Lipinski definition) is 1. The number of rotatable bonds is 4. The molecule has 1 unspecified atom stereocenters. The summed E-state index contributed by atoms with van der Waals surface area (Å²) in [5.74, 6) is 0.574. The number of aliphatic hydroxyl groups excluding tert-OH is 1. The van der Waals surface area contributed by atoms with Crippen molar-refractivity contribution in [2.75, 3.05) is 26.2 Å². The van der Waals surface area contributed by atoms with Crippen molar-refractivity contribution < 1.29 is 32.6 Å². The molecule has 1 aromatic heterocycles. The Morgan fingerprint density at radius 3 is 2.26 bits per heavy atom. The number of carbonyl (C=O) groups excluding carboxylic acids is 2. The molecule has 7 nitrogen and oxygen atoms in total. The zero-order valence-corrected chi connectivity index (χ0v) is 26.4. The van der Waals surface area contributed by atoms with E-state index in [1.807, 2.05) is 34.5 Å². The number of aromatic nitrogens is 1. The summed E-state index contributed by atoms with van der Waals surface area (Å²) < 4.78 is 45.6. The summed E-state index contributed by atoms with van der Waals surface area (Å²) in [5, 5.41) is 13.4. The van der Waals surface area contributed by atoms with Crippen molar-refractivity contribution >= 4 is 23.2 Å². The molecule has 3 aromatic carbocycles. The molecule has 0 radical (unpaired) electrons. The average molecular weight is 662 g/mol. The van der Waals surface area contributed by atoms with Crippen LogP contribution in [-0.4, -0.2) is 63.5 Å². The number of fused-ring (bicyclic) bond motifs is 1. The van der Waals surface area contributed by atoms with Crippen LogP contribution in [-0.2, 0) is 6.18 Å². The third-order valence-electron chi connectivity index (χ3n) is 9.68. The molecule has 0 bridgehead atoms. The highest BCUT2D eigenvalue weighted by Crippen LogP contribution is 2.44. The molecule has 47 heavy (non-hydrogen) atoms. The fourth-order valence-electron chi connectivity index (χ4n) is 7.00. The Labute approximate surface area is 274 Å². The van der Waals surface area contributed by atoms with Gasteiger partial charge in [-0.1, -0.05) is 48.5 Å². The quantitative estimate of drug-likeness (QED) is 0.248. The van der Waals surface area contributed by atoms with E-state index in [1.54, 1.807) is 29.2 Å². The molecule has 3 aliphatic rings. The molecular weight excluding hydrogens is 627 g/mol. The van der Waals surface area contributed by atoms with E-state index in [0.717, 1.165) is 22.7 Å². The van der Waals surface area contributed by atoms with Gasteiger partial charge in [0.2, 0.25) is 0 Å². The van der Waals surface area contributed by atoms with Gasteiger partial charge in [-0.25, -0.2) is 4.98 Å². The van der Waals surface area contributed by atoms with Crippen LogP contribution in [0.4, 0.5) is 13.2 Å². The second-order valence-electron chi connectivity index (χ2n) is 12.6. The maximum atomic E-state index is 13.6. The Bertz CT molecular complexity index is 1770. The van der Waals surface area contributed by atoms with Crippen molar-refractivity contribution in [1.29, 1.82) is 0 Å². The van der Waals surface area contributed by atoms with Gasteiger partial charge in [-0.3, -0.25) is 9.59 Å². The zero-order chi connectivity index (χ0) is 32.8. The van der Waals surface area contributed by atoms with Gasteiger partial charge >= 0.3 is 6.18 Å². The molecule has 11 heteroatoms. The Hall–Kier alpha value is -4.22. The van der Waals surface area contributed by atoms with E-state index in [-0.39, 0.29) is 17.7 Å². The first kappa shape index (κ1) is 31.4. The monoisotopic (exact) mass is 661 g/mol. The number of carbonyl (C=O) groups is 2. The highest BCUT2D eigenvalue weighted by Gasteiger charge is 2.44. The third-order valence-corrected chi connectivity index (χ3v) is 10.7. The maximum Gasteiger partial charge on any atom is 0.416 e. The summed E-state index contributed by atoms with van der Waals surface area (Å²) in [6.45, 7) is 2.07. The first-order valence-electron chi connectivity index (χ1n) is 15.9. The highest BCUT2D eigenvalue weighted by molar-refractivity contribution is 7.09. The minimum Gasteiger partial charge on any atom is -0.487 e. The lowest BCUT2D eigenvalue weighted by Gasteiger charge is -2.45. The van der Waals surface area contributed by atoms with Gasteiger partial charge in [0.1, 0.15) is 17.0 Å². The van der Waals surface area contributed by atoms with E-state index in [4.69, 9.17) is 9.72 Å². The van der Waals surface area contributed by atoms with Gasteiger partial charge in [-0.05, 0) is 48.2 Å². The number of aliphatic hydroxyl groups is 1. The summed E-state index contributed by atoms with van der Waals surface area (Å²) in [6, 6.07) is 19.4. The molecule has 2 fully saturated rings. The van der Waals surface area contributed by atoms with E-state index in [9.17, 15) is 27.9 Å². The highest BCUT2D eigenvalue weighted by atomic mass is 32.1. The summed E-state index contributed by atoms with van der Waals surface area (Å²) in [5.41, 5.74) is 1.62. The number of benzene rings is 3. The molecule has 0 saturated carbocycles. The van der Waals surface area contributed by atoms with Gasteiger partial charge in [0.15, 0.2) is 0 Å². The van der Waals surface area contributed by atoms with Gasteiger partial charge in [-0.2, -0.15) is 13.2 Å². The molecule has 1 spiro atoms. The summed E-state index contributed by atoms with van der Waals surface area (Å²) in [6.07, 6.45) is -1.84. The lowest BCUT2D eigenvalue weighted by Crippen LogP contribution is -2.51. The van der Waals surface area contributed by atoms with Gasteiger partial charge in [0.25, 0.3) is 11.8 Å². The van der Waals surface area contributed by atoms with Crippen LogP contribution < -0.4 is 4.74 Å². The van der Waals surface area contributed by atoms with Crippen LogP contribution in [0.5, 0.6) is 5.75 Å². The lowest BCUT2D eigenvalue weighted by molar-refractivity contribution is -0.137. The maximum absolute atomic E-state index is 13.6. The fourth-order valence-corrected chi connectivity index (χ4v) is 7.97. The predicted octanol–water partition coefficient (Wildman–Crippen LogP) is 7.34. The molecule has 7 rings (SSSR count). The van der Waals surface area contributed by atoms with E-state index in [2.05, 4.69) is 0 Å². The van der Waals surface area contributed by atoms with Crippen molar-refractivity contribution in [2.24, 2.45) is 0 Å². The predicted molar refractivity (Wildman–Crippen MR) is 171 cm³/mol. The van der Waals surface area contributed by atoms with Gasteiger partial charge in [0, 0.05) is 67.9 Å². The molecule has 4 aromatic rings. The smallest absolute Gasteiger partial charge is 0.416 e. The lowest BCUT2D eigenvalue weighted by atomic mass is 9.81. The number of amides is 2. The molecular formula is C36H34F3N3O4S. The van der Waals surface area contributed by atoms with Crippen molar-refractivity contribution in [2.45, 2.75) is 55.9 Å². The number of hydrogen-bond acceptors (Lipinski definition) is 6. The fraction of sp³-hybridized carbons (Fsp3) is 0.361.